The average molecular weight is 356 g/mol. The van der Waals surface area contributed by atoms with Gasteiger partial charge in [-0.05, 0) is 24.3 Å². The Bertz CT molecular complexity index is 723. The van der Waals surface area contributed by atoms with E-state index in [1.165, 1.54) is 12.1 Å². The Morgan fingerprint density at radius 2 is 1.85 bits per heavy atom. The summed E-state index contributed by atoms with van der Waals surface area (Å²) >= 11 is 12.1. The van der Waals surface area contributed by atoms with Crippen LogP contribution in [0.15, 0.2) is 28.5 Å². The van der Waals surface area contributed by atoms with E-state index in [9.17, 15) is 12.8 Å². The molecule has 9 heteroatoms. The van der Waals surface area contributed by atoms with Crippen LogP contribution in [-0.2, 0) is 16.6 Å². The fourth-order valence-electron chi connectivity index (χ4n) is 1.41. The second-order valence-electron chi connectivity index (χ2n) is 3.74. The minimum Gasteiger partial charge on any atom is -0.391 e. The van der Waals surface area contributed by atoms with Gasteiger partial charge in [0.1, 0.15) is 4.21 Å². The predicted molar refractivity (Wildman–Crippen MR) is 77.5 cm³/mol. The van der Waals surface area contributed by atoms with Crippen LogP contribution in [0.25, 0.3) is 0 Å². The average Bonchev–Trinajstić information content (AvgIpc) is 2.85. The van der Waals surface area contributed by atoms with Gasteiger partial charge in [0.15, 0.2) is 5.82 Å². The lowest BCUT2D eigenvalue weighted by molar-refractivity contribution is 0.285. The molecular weight excluding hydrogens is 348 g/mol. The van der Waals surface area contributed by atoms with Crippen LogP contribution in [0.1, 0.15) is 4.88 Å². The lowest BCUT2D eigenvalue weighted by atomic mass is 10.3. The summed E-state index contributed by atoms with van der Waals surface area (Å²) in [4.78, 5) is 0.514. The maximum atomic E-state index is 13.2. The number of aliphatic hydroxyl groups excluding tert-OH is 1. The number of hydrogen-bond acceptors (Lipinski definition) is 4. The van der Waals surface area contributed by atoms with Crippen molar-refractivity contribution in [2.75, 3.05) is 4.72 Å². The molecule has 1 heterocycles. The Morgan fingerprint density at radius 3 is 2.35 bits per heavy atom. The second-order valence-corrected chi connectivity index (χ2v) is 7.63. The first kappa shape index (κ1) is 15.5. The smallest absolute Gasteiger partial charge is 0.271 e. The lowest BCUT2D eigenvalue weighted by Crippen LogP contribution is -2.11. The zero-order valence-corrected chi connectivity index (χ0v) is 12.9. The van der Waals surface area contributed by atoms with E-state index in [0.717, 1.165) is 23.5 Å². The van der Waals surface area contributed by atoms with Crippen LogP contribution in [-0.4, -0.2) is 13.5 Å². The highest BCUT2D eigenvalue weighted by Crippen LogP contribution is 2.30. The van der Waals surface area contributed by atoms with Crippen molar-refractivity contribution in [2.24, 2.45) is 0 Å². The van der Waals surface area contributed by atoms with Crippen molar-refractivity contribution >= 4 is 50.2 Å². The van der Waals surface area contributed by atoms with E-state index in [2.05, 4.69) is 4.72 Å². The number of anilines is 1. The van der Waals surface area contributed by atoms with Gasteiger partial charge < -0.3 is 5.11 Å². The van der Waals surface area contributed by atoms with Crippen LogP contribution in [0.3, 0.4) is 0 Å². The van der Waals surface area contributed by atoms with E-state index < -0.39 is 15.8 Å². The number of rotatable bonds is 4. The summed E-state index contributed by atoms with van der Waals surface area (Å²) in [6, 6.07) is 5.12. The number of nitrogens with one attached hydrogen (secondary N) is 1. The Labute approximate surface area is 128 Å². The molecule has 0 aliphatic rings. The SMILES string of the molecule is O=S(=O)(Nc1cc(Cl)c(F)c(Cl)c1)c1ccc(CO)s1. The van der Waals surface area contributed by atoms with Crippen LogP contribution in [0.5, 0.6) is 0 Å². The molecule has 2 N–H and O–H groups in total. The van der Waals surface area contributed by atoms with Gasteiger partial charge in [0, 0.05) is 4.88 Å². The third-order valence-electron chi connectivity index (χ3n) is 2.29. The molecule has 2 aromatic rings. The van der Waals surface area contributed by atoms with Crippen molar-refractivity contribution in [3.8, 4) is 0 Å². The quantitative estimate of drug-likeness (QED) is 0.825. The summed E-state index contributed by atoms with van der Waals surface area (Å²) in [6.07, 6.45) is 0. The van der Waals surface area contributed by atoms with E-state index in [1.807, 2.05) is 0 Å². The topological polar surface area (TPSA) is 66.4 Å². The summed E-state index contributed by atoms with van der Waals surface area (Å²) < 4.78 is 39.7. The van der Waals surface area contributed by atoms with Gasteiger partial charge in [-0.2, -0.15) is 0 Å². The maximum Gasteiger partial charge on any atom is 0.271 e. The minimum absolute atomic E-state index is 0.0260. The molecule has 0 unspecified atom stereocenters. The molecule has 20 heavy (non-hydrogen) atoms. The molecule has 0 amide bonds. The Morgan fingerprint density at radius 1 is 1.25 bits per heavy atom. The summed E-state index contributed by atoms with van der Waals surface area (Å²) in [5, 5.41) is 8.37. The van der Waals surface area contributed by atoms with Gasteiger partial charge in [0.2, 0.25) is 0 Å². The molecule has 0 bridgehead atoms. The van der Waals surface area contributed by atoms with E-state index in [-0.39, 0.29) is 26.5 Å². The molecule has 0 saturated carbocycles. The molecule has 4 nitrogen and oxygen atoms in total. The van der Waals surface area contributed by atoms with Crippen molar-refractivity contribution in [3.63, 3.8) is 0 Å². The minimum atomic E-state index is -3.83. The van der Waals surface area contributed by atoms with Crippen LogP contribution in [0, 0.1) is 5.82 Å². The molecule has 0 saturated heterocycles. The molecule has 108 valence electrons. The molecule has 0 aliphatic carbocycles. The summed E-state index contributed by atoms with van der Waals surface area (Å²) in [5.41, 5.74) is 0.0559. The van der Waals surface area contributed by atoms with Gasteiger partial charge in [0.05, 0.1) is 22.3 Å². The fraction of sp³-hybridized carbons (Fsp3) is 0.0909. The third kappa shape index (κ3) is 3.24. The zero-order chi connectivity index (χ0) is 14.9. The van der Waals surface area contributed by atoms with Gasteiger partial charge in [-0.1, -0.05) is 23.2 Å². The number of benzene rings is 1. The Balaban J connectivity index is 2.33. The number of aliphatic hydroxyl groups is 1. The lowest BCUT2D eigenvalue weighted by Gasteiger charge is -2.08. The van der Waals surface area contributed by atoms with Gasteiger partial charge in [-0.15, -0.1) is 11.3 Å². The highest BCUT2D eigenvalue weighted by Gasteiger charge is 2.18. The molecular formula is C11H8Cl2FNO3S2. The maximum absolute atomic E-state index is 13.2. The first-order valence-electron chi connectivity index (χ1n) is 5.20. The number of halogens is 3. The standard InChI is InChI=1S/C11H8Cl2FNO3S2/c12-8-3-6(4-9(13)11(8)14)15-20(17,18)10-2-1-7(5-16)19-10/h1-4,15-16H,5H2. The highest BCUT2D eigenvalue weighted by atomic mass is 35.5. The van der Waals surface area contributed by atoms with Crippen LogP contribution >= 0.6 is 34.5 Å². The Kier molecular flexibility index (Phi) is 4.55. The molecule has 1 aromatic heterocycles. The Hall–Kier alpha value is -0.860. The molecule has 0 radical (unpaired) electrons. The summed E-state index contributed by atoms with van der Waals surface area (Å²) in [6.45, 7) is -0.242. The predicted octanol–water partition coefficient (Wildman–Crippen LogP) is 3.49. The first-order valence-corrected chi connectivity index (χ1v) is 8.26. The highest BCUT2D eigenvalue weighted by molar-refractivity contribution is 7.94. The fourth-order valence-corrected chi connectivity index (χ4v) is 4.15. The molecule has 0 aliphatic heterocycles. The van der Waals surface area contributed by atoms with Crippen LogP contribution in [0.4, 0.5) is 10.1 Å². The number of thiophene rings is 1. The van der Waals surface area contributed by atoms with E-state index in [1.54, 1.807) is 0 Å². The summed E-state index contributed by atoms with van der Waals surface area (Å²) in [7, 11) is -3.83. The zero-order valence-electron chi connectivity index (χ0n) is 9.73. The third-order valence-corrected chi connectivity index (χ3v) is 5.79. The van der Waals surface area contributed by atoms with Crippen molar-refractivity contribution in [2.45, 2.75) is 10.8 Å². The largest absolute Gasteiger partial charge is 0.391 e. The van der Waals surface area contributed by atoms with Crippen LogP contribution in [0.2, 0.25) is 10.0 Å². The van der Waals surface area contributed by atoms with Crippen molar-refractivity contribution < 1.29 is 17.9 Å². The summed E-state index contributed by atoms with van der Waals surface area (Å²) in [5.74, 6) is -0.810. The van der Waals surface area contributed by atoms with Crippen molar-refractivity contribution in [1.29, 1.82) is 0 Å². The van der Waals surface area contributed by atoms with E-state index in [4.69, 9.17) is 28.3 Å². The van der Waals surface area contributed by atoms with Crippen molar-refractivity contribution in [3.05, 3.63) is 45.0 Å². The van der Waals surface area contributed by atoms with Gasteiger partial charge >= 0.3 is 0 Å². The van der Waals surface area contributed by atoms with Crippen LogP contribution < -0.4 is 4.72 Å². The number of hydrogen-bond donors (Lipinski definition) is 2. The van der Waals surface area contributed by atoms with E-state index in [0.29, 0.717) is 4.88 Å². The molecule has 0 spiro atoms. The second kappa shape index (κ2) is 5.87. The molecule has 0 atom stereocenters. The number of sulfonamides is 1. The molecule has 2 rings (SSSR count). The van der Waals surface area contributed by atoms with Gasteiger partial charge in [-0.25, -0.2) is 12.8 Å². The van der Waals surface area contributed by atoms with Gasteiger partial charge in [-0.3, -0.25) is 4.72 Å². The normalized spacial score (nSPS) is 11.6. The molecule has 1 aromatic carbocycles. The van der Waals surface area contributed by atoms with Gasteiger partial charge in [0.25, 0.3) is 10.0 Å². The monoisotopic (exact) mass is 355 g/mol. The van der Waals surface area contributed by atoms with E-state index >= 15 is 0 Å². The molecule has 0 fully saturated rings. The first-order chi connectivity index (χ1) is 9.33. The van der Waals surface area contributed by atoms with Crippen molar-refractivity contribution in [1.82, 2.24) is 0 Å².